The van der Waals surface area contributed by atoms with Crippen LogP contribution in [0, 0.1) is 11.8 Å². The normalized spacial score (nSPS) is 12.4. The summed E-state index contributed by atoms with van der Waals surface area (Å²) in [5, 5.41) is 13.5. The van der Waals surface area contributed by atoms with Gasteiger partial charge >= 0.3 is 18.0 Å². The maximum atomic E-state index is 13.8. The molecule has 0 heterocycles. The molecule has 13 nitrogen and oxygen atoms in total. The van der Waals surface area contributed by atoms with E-state index in [1.54, 1.807) is 98.8 Å². The monoisotopic (exact) mass is 777 g/mol. The molecule has 0 bridgehead atoms. The molecule has 0 aromatic heterocycles. The molecule has 13 heteroatoms. The fraction of sp³-hybridized carbons (Fsp3) is 0.318. The lowest BCUT2D eigenvalue weighted by molar-refractivity contribution is -0.151. The molecule has 0 spiro atoms. The van der Waals surface area contributed by atoms with Gasteiger partial charge in [0.1, 0.15) is 31.3 Å². The van der Waals surface area contributed by atoms with Gasteiger partial charge in [0.25, 0.3) is 0 Å². The van der Waals surface area contributed by atoms with E-state index < -0.39 is 66.2 Å². The van der Waals surface area contributed by atoms with Crippen molar-refractivity contribution in [3.05, 3.63) is 132 Å². The zero-order valence-electron chi connectivity index (χ0n) is 32.7. The molecule has 5 amide bonds. The van der Waals surface area contributed by atoms with Gasteiger partial charge in [0.2, 0.25) is 17.7 Å². The van der Waals surface area contributed by atoms with Crippen molar-refractivity contribution in [1.82, 2.24) is 16.0 Å². The quantitative estimate of drug-likeness (QED) is 0.0730. The van der Waals surface area contributed by atoms with Crippen molar-refractivity contribution < 1.29 is 38.2 Å². The van der Waals surface area contributed by atoms with Crippen molar-refractivity contribution in [3.63, 3.8) is 0 Å². The van der Waals surface area contributed by atoms with Crippen LogP contribution in [0.3, 0.4) is 0 Å². The van der Waals surface area contributed by atoms with Gasteiger partial charge in [0, 0.05) is 11.4 Å². The lowest BCUT2D eigenvalue weighted by Crippen LogP contribution is -2.57. The highest BCUT2D eigenvalue weighted by atomic mass is 16.5. The van der Waals surface area contributed by atoms with Crippen molar-refractivity contribution in [1.29, 1.82) is 0 Å². The summed E-state index contributed by atoms with van der Waals surface area (Å²) in [6, 6.07) is 29.7. The molecule has 57 heavy (non-hydrogen) atoms. The van der Waals surface area contributed by atoms with Gasteiger partial charge in [-0.25, -0.2) is 9.59 Å². The molecular formula is C44H51N5O8. The second-order valence-corrected chi connectivity index (χ2v) is 14.3. The molecule has 0 unspecified atom stereocenters. The fourth-order valence-electron chi connectivity index (χ4n) is 5.67. The molecule has 5 N–H and O–H groups in total. The third-order valence-corrected chi connectivity index (χ3v) is 8.66. The van der Waals surface area contributed by atoms with Gasteiger partial charge in [-0.05, 0) is 59.2 Å². The second-order valence-electron chi connectivity index (χ2n) is 14.3. The number of amides is 5. The van der Waals surface area contributed by atoms with Crippen molar-refractivity contribution in [2.45, 2.75) is 78.3 Å². The Labute approximate surface area is 333 Å². The van der Waals surface area contributed by atoms with Crippen LogP contribution in [0.2, 0.25) is 0 Å². The Hall–Kier alpha value is -6.50. The van der Waals surface area contributed by atoms with Crippen LogP contribution in [0.4, 0.5) is 16.2 Å². The van der Waals surface area contributed by atoms with E-state index in [-0.39, 0.29) is 32.0 Å². The summed E-state index contributed by atoms with van der Waals surface area (Å²) >= 11 is 0. The van der Waals surface area contributed by atoms with Gasteiger partial charge in [0.05, 0.1) is 12.8 Å². The number of urea groups is 1. The summed E-state index contributed by atoms with van der Waals surface area (Å²) in [5.74, 6) is -3.82. The Morgan fingerprint density at radius 1 is 0.544 bits per heavy atom. The number of hydrogen-bond donors (Lipinski definition) is 5. The molecule has 300 valence electrons. The highest BCUT2D eigenvalue weighted by Crippen LogP contribution is 2.14. The van der Waals surface area contributed by atoms with E-state index in [9.17, 15) is 28.8 Å². The lowest BCUT2D eigenvalue weighted by Gasteiger charge is -2.26. The number of benzene rings is 4. The highest BCUT2D eigenvalue weighted by molar-refractivity contribution is 6.00. The molecule has 0 aliphatic rings. The predicted molar refractivity (Wildman–Crippen MR) is 216 cm³/mol. The number of esters is 2. The van der Waals surface area contributed by atoms with Gasteiger partial charge < -0.3 is 36.1 Å². The third-order valence-electron chi connectivity index (χ3n) is 8.66. The van der Waals surface area contributed by atoms with Crippen molar-refractivity contribution >= 4 is 47.1 Å². The standard InChI is InChI=1S/C44H51N5O8/c1-29(2)24-36(47-38(50)25-31-20-22-35(23-21-31)46-44(55)45-34-18-12-7-13-19-34)41(52)48-37(26-39(51)56-27-32-14-8-5-9-15-32)42(53)49-40(30(3)4)43(54)57-28-33-16-10-6-11-17-33/h5-23,29-30,36-37,40H,24-28H2,1-4H3,(H,47,50)(H,48,52)(H,49,53)(H2,45,46,55)/t36-,37-,40-/m0/s1. The maximum absolute atomic E-state index is 13.8. The van der Waals surface area contributed by atoms with Gasteiger partial charge in [-0.3, -0.25) is 19.2 Å². The number of hydrogen-bond acceptors (Lipinski definition) is 8. The molecule has 0 aliphatic heterocycles. The average molecular weight is 778 g/mol. The SMILES string of the molecule is CC(C)C[C@H](NC(=O)Cc1ccc(NC(=O)Nc2ccccc2)cc1)C(=O)N[C@@H](CC(=O)OCc1ccccc1)C(=O)N[C@H](C(=O)OCc1ccccc1)C(C)C. The van der Waals surface area contributed by atoms with Crippen molar-refractivity contribution in [2.24, 2.45) is 11.8 Å². The molecule has 0 aliphatic carbocycles. The van der Waals surface area contributed by atoms with Crippen molar-refractivity contribution in [3.8, 4) is 0 Å². The lowest BCUT2D eigenvalue weighted by atomic mass is 10.0. The van der Waals surface area contributed by atoms with E-state index in [2.05, 4.69) is 26.6 Å². The topological polar surface area (TPSA) is 181 Å². The first-order chi connectivity index (χ1) is 27.4. The van der Waals surface area contributed by atoms with Crippen LogP contribution in [0.15, 0.2) is 115 Å². The number of nitrogens with one attached hydrogen (secondary N) is 5. The third kappa shape index (κ3) is 15.3. The van der Waals surface area contributed by atoms with Gasteiger partial charge in [-0.15, -0.1) is 0 Å². The first-order valence-corrected chi connectivity index (χ1v) is 18.9. The summed E-state index contributed by atoms with van der Waals surface area (Å²) in [7, 11) is 0. The van der Waals surface area contributed by atoms with Crippen LogP contribution in [-0.2, 0) is 53.1 Å². The van der Waals surface area contributed by atoms with E-state index in [4.69, 9.17) is 9.47 Å². The number of rotatable bonds is 19. The molecule has 0 fully saturated rings. The fourth-order valence-corrected chi connectivity index (χ4v) is 5.67. The minimum absolute atomic E-state index is 0.00569. The van der Waals surface area contributed by atoms with Crippen LogP contribution in [-0.4, -0.2) is 53.8 Å². The number of carbonyl (C=O) groups excluding carboxylic acids is 6. The minimum atomic E-state index is -1.45. The minimum Gasteiger partial charge on any atom is -0.461 e. The zero-order valence-corrected chi connectivity index (χ0v) is 32.7. The molecule has 0 saturated carbocycles. The summed E-state index contributed by atoms with van der Waals surface area (Å²) < 4.78 is 10.9. The summed E-state index contributed by atoms with van der Waals surface area (Å²) in [6.45, 7) is 7.17. The molecule has 4 aromatic rings. The Bertz CT molecular complexity index is 1920. The van der Waals surface area contributed by atoms with E-state index in [1.165, 1.54) is 0 Å². The maximum Gasteiger partial charge on any atom is 0.329 e. The van der Waals surface area contributed by atoms with E-state index in [0.717, 1.165) is 11.1 Å². The largest absolute Gasteiger partial charge is 0.461 e. The zero-order chi connectivity index (χ0) is 41.2. The molecule has 0 radical (unpaired) electrons. The van der Waals surface area contributed by atoms with Crippen LogP contribution in [0.1, 0.15) is 57.2 Å². The van der Waals surface area contributed by atoms with Crippen LogP contribution in [0.25, 0.3) is 0 Å². The molecule has 3 atom stereocenters. The predicted octanol–water partition coefficient (Wildman–Crippen LogP) is 5.91. The number of para-hydroxylation sites is 1. The Morgan fingerprint density at radius 2 is 1.05 bits per heavy atom. The Kier molecular flexibility index (Phi) is 16.8. The summed E-state index contributed by atoms with van der Waals surface area (Å²) in [6.07, 6.45) is -0.389. The van der Waals surface area contributed by atoms with Crippen LogP contribution in [0.5, 0.6) is 0 Å². The summed E-state index contributed by atoms with van der Waals surface area (Å²) in [4.78, 5) is 79.6. The molecule has 0 saturated heterocycles. The van der Waals surface area contributed by atoms with E-state index >= 15 is 0 Å². The summed E-state index contributed by atoms with van der Waals surface area (Å²) in [5.41, 5.74) is 3.28. The van der Waals surface area contributed by atoms with E-state index in [1.807, 2.05) is 44.2 Å². The second kappa shape index (κ2) is 22.2. The van der Waals surface area contributed by atoms with E-state index in [0.29, 0.717) is 16.9 Å². The number of ether oxygens (including phenoxy) is 2. The van der Waals surface area contributed by atoms with Crippen LogP contribution >= 0.6 is 0 Å². The van der Waals surface area contributed by atoms with Crippen LogP contribution < -0.4 is 26.6 Å². The Balaban J connectivity index is 1.42. The van der Waals surface area contributed by atoms with Gasteiger partial charge in [-0.1, -0.05) is 119 Å². The smallest absolute Gasteiger partial charge is 0.329 e. The first-order valence-electron chi connectivity index (χ1n) is 18.9. The van der Waals surface area contributed by atoms with Gasteiger partial charge in [-0.2, -0.15) is 0 Å². The molecule has 4 aromatic carbocycles. The Morgan fingerprint density at radius 3 is 1.60 bits per heavy atom. The average Bonchev–Trinajstić information content (AvgIpc) is 3.19. The molecular weight excluding hydrogens is 727 g/mol. The highest BCUT2D eigenvalue weighted by Gasteiger charge is 2.33. The molecule has 4 rings (SSSR count). The first kappa shape index (κ1) is 43.2. The van der Waals surface area contributed by atoms with Crippen molar-refractivity contribution in [2.75, 3.05) is 10.6 Å². The number of carbonyl (C=O) groups is 6. The van der Waals surface area contributed by atoms with Gasteiger partial charge in [0.15, 0.2) is 0 Å². The number of anilines is 2.